The summed E-state index contributed by atoms with van der Waals surface area (Å²) in [6.07, 6.45) is 5.97. The molecule has 2 nitrogen and oxygen atoms in total. The van der Waals surface area contributed by atoms with Crippen LogP contribution >= 0.6 is 0 Å². The van der Waals surface area contributed by atoms with Crippen LogP contribution in [0.2, 0.25) is 0 Å². The monoisotopic (exact) mass is 180 g/mol. The van der Waals surface area contributed by atoms with Gasteiger partial charge in [-0.25, -0.2) is 0 Å². The van der Waals surface area contributed by atoms with Gasteiger partial charge in [0.25, 0.3) is 0 Å². The van der Waals surface area contributed by atoms with Crippen LogP contribution in [-0.4, -0.2) is 19.0 Å². The fraction of sp³-hybridized carbons (Fsp3) is 0.909. The summed E-state index contributed by atoms with van der Waals surface area (Å²) >= 11 is 0. The molecule has 1 heterocycles. The summed E-state index contributed by atoms with van der Waals surface area (Å²) in [6, 6.07) is 0. The third-order valence-corrected chi connectivity index (χ3v) is 4.34. The molecule has 0 amide bonds. The molecule has 3 fully saturated rings. The van der Waals surface area contributed by atoms with Gasteiger partial charge in [0.15, 0.2) is 0 Å². The molecule has 2 saturated carbocycles. The summed E-state index contributed by atoms with van der Waals surface area (Å²) in [5.74, 6) is 1.45. The van der Waals surface area contributed by atoms with Crippen molar-refractivity contribution in [2.75, 3.05) is 13.2 Å². The summed E-state index contributed by atoms with van der Waals surface area (Å²) in [7, 11) is 0. The number of hydrogen-bond donors (Lipinski definition) is 0. The average Bonchev–Trinajstić information content (AvgIpc) is 2.32. The SMILES string of the molecule is O=C1CC23CCCCC2C1COC3. The maximum atomic E-state index is 11.7. The van der Waals surface area contributed by atoms with Crippen molar-refractivity contribution in [1.82, 2.24) is 0 Å². The fourth-order valence-electron chi connectivity index (χ4n) is 3.71. The minimum Gasteiger partial charge on any atom is -0.380 e. The number of hydrogen-bond acceptors (Lipinski definition) is 2. The van der Waals surface area contributed by atoms with E-state index in [4.69, 9.17) is 4.74 Å². The van der Waals surface area contributed by atoms with Crippen molar-refractivity contribution in [3.63, 3.8) is 0 Å². The standard InChI is InChI=1S/C11H16O2/c12-10-5-11-4-2-1-3-9(11)8(10)6-13-7-11/h8-9H,1-7H2. The average molecular weight is 180 g/mol. The highest BCUT2D eigenvalue weighted by Crippen LogP contribution is 2.55. The summed E-state index contributed by atoms with van der Waals surface area (Å²) < 4.78 is 5.57. The minimum atomic E-state index is 0.272. The van der Waals surface area contributed by atoms with Crippen LogP contribution in [0.4, 0.5) is 0 Å². The molecule has 2 heteroatoms. The van der Waals surface area contributed by atoms with E-state index in [0.29, 0.717) is 18.3 Å². The van der Waals surface area contributed by atoms with Crippen LogP contribution in [-0.2, 0) is 9.53 Å². The topological polar surface area (TPSA) is 26.3 Å². The molecule has 1 aliphatic heterocycles. The largest absolute Gasteiger partial charge is 0.380 e. The second-order valence-electron chi connectivity index (χ2n) is 4.98. The van der Waals surface area contributed by atoms with Gasteiger partial charge in [-0.15, -0.1) is 0 Å². The van der Waals surface area contributed by atoms with Gasteiger partial charge in [-0.1, -0.05) is 12.8 Å². The predicted octanol–water partition coefficient (Wildman–Crippen LogP) is 1.78. The van der Waals surface area contributed by atoms with Crippen molar-refractivity contribution >= 4 is 5.78 Å². The van der Waals surface area contributed by atoms with Crippen LogP contribution in [0.5, 0.6) is 0 Å². The van der Waals surface area contributed by atoms with Gasteiger partial charge in [0.2, 0.25) is 0 Å². The first-order valence-corrected chi connectivity index (χ1v) is 5.42. The maximum Gasteiger partial charge on any atom is 0.139 e. The summed E-state index contributed by atoms with van der Waals surface area (Å²) in [5, 5.41) is 0. The summed E-state index contributed by atoms with van der Waals surface area (Å²) in [4.78, 5) is 11.7. The first-order chi connectivity index (χ1) is 6.32. The lowest BCUT2D eigenvalue weighted by atomic mass is 9.66. The van der Waals surface area contributed by atoms with Gasteiger partial charge >= 0.3 is 0 Å². The van der Waals surface area contributed by atoms with Crippen molar-refractivity contribution in [2.24, 2.45) is 17.3 Å². The van der Waals surface area contributed by atoms with Gasteiger partial charge in [-0.2, -0.15) is 0 Å². The summed E-state index contributed by atoms with van der Waals surface area (Å²) in [5.41, 5.74) is 0.290. The van der Waals surface area contributed by atoms with Crippen LogP contribution in [0.3, 0.4) is 0 Å². The molecule has 3 rings (SSSR count). The fourth-order valence-corrected chi connectivity index (χ4v) is 3.71. The number of ether oxygens (including phenoxy) is 1. The molecule has 13 heavy (non-hydrogen) atoms. The number of carbonyl (C=O) groups excluding carboxylic acids is 1. The van der Waals surface area contributed by atoms with Gasteiger partial charge in [0.05, 0.1) is 13.2 Å². The molecule has 2 bridgehead atoms. The normalized spacial score (nSPS) is 49.1. The molecular weight excluding hydrogens is 164 g/mol. The molecule has 3 unspecified atom stereocenters. The third kappa shape index (κ3) is 0.954. The van der Waals surface area contributed by atoms with E-state index < -0.39 is 0 Å². The Morgan fingerprint density at radius 3 is 3.15 bits per heavy atom. The Labute approximate surface area is 78.6 Å². The highest BCUT2D eigenvalue weighted by molar-refractivity contribution is 5.85. The quantitative estimate of drug-likeness (QED) is 0.568. The highest BCUT2D eigenvalue weighted by Gasteiger charge is 2.56. The van der Waals surface area contributed by atoms with Gasteiger partial charge in [0, 0.05) is 17.8 Å². The van der Waals surface area contributed by atoms with Crippen LogP contribution in [0.1, 0.15) is 32.1 Å². The van der Waals surface area contributed by atoms with Crippen molar-refractivity contribution in [2.45, 2.75) is 32.1 Å². The Morgan fingerprint density at radius 1 is 1.38 bits per heavy atom. The highest BCUT2D eigenvalue weighted by atomic mass is 16.5. The third-order valence-electron chi connectivity index (χ3n) is 4.34. The Morgan fingerprint density at radius 2 is 2.31 bits per heavy atom. The number of carbonyl (C=O) groups is 1. The van der Waals surface area contributed by atoms with Crippen LogP contribution in [0, 0.1) is 17.3 Å². The van der Waals surface area contributed by atoms with Crippen molar-refractivity contribution in [3.05, 3.63) is 0 Å². The first kappa shape index (κ1) is 7.98. The predicted molar refractivity (Wildman–Crippen MR) is 48.3 cm³/mol. The Balaban J connectivity index is 1.98. The zero-order chi connectivity index (χ0) is 8.89. The summed E-state index contributed by atoms with van der Waals surface area (Å²) in [6.45, 7) is 1.57. The Kier molecular flexibility index (Phi) is 1.58. The van der Waals surface area contributed by atoms with Crippen LogP contribution in [0.25, 0.3) is 0 Å². The molecule has 0 radical (unpaired) electrons. The molecule has 0 spiro atoms. The van der Waals surface area contributed by atoms with Crippen LogP contribution < -0.4 is 0 Å². The lowest BCUT2D eigenvalue weighted by Gasteiger charge is -2.43. The van der Waals surface area contributed by atoms with E-state index in [2.05, 4.69) is 0 Å². The second kappa shape index (κ2) is 2.57. The van der Waals surface area contributed by atoms with Gasteiger partial charge < -0.3 is 4.74 Å². The Bertz CT molecular complexity index is 244. The van der Waals surface area contributed by atoms with E-state index in [1.165, 1.54) is 25.7 Å². The molecule has 0 aromatic rings. The molecular formula is C11H16O2. The Hall–Kier alpha value is -0.370. The lowest BCUT2D eigenvalue weighted by Crippen LogP contribution is -2.41. The van der Waals surface area contributed by atoms with Crippen LogP contribution in [0.15, 0.2) is 0 Å². The zero-order valence-corrected chi connectivity index (χ0v) is 7.92. The molecule has 0 aromatic carbocycles. The first-order valence-electron chi connectivity index (χ1n) is 5.42. The number of Topliss-reactive ketones (excluding diaryl/α,β-unsaturated/α-hetero) is 1. The molecule has 0 aromatic heterocycles. The van der Waals surface area contributed by atoms with E-state index in [-0.39, 0.29) is 11.3 Å². The van der Waals surface area contributed by atoms with E-state index in [0.717, 1.165) is 13.0 Å². The molecule has 3 atom stereocenters. The number of rotatable bonds is 0. The van der Waals surface area contributed by atoms with Gasteiger partial charge in [-0.3, -0.25) is 4.79 Å². The maximum absolute atomic E-state index is 11.7. The van der Waals surface area contributed by atoms with Gasteiger partial charge in [0.1, 0.15) is 5.78 Å². The number of ketones is 1. The van der Waals surface area contributed by atoms with Crippen molar-refractivity contribution < 1.29 is 9.53 Å². The van der Waals surface area contributed by atoms with E-state index in [1.54, 1.807) is 0 Å². The molecule has 72 valence electrons. The zero-order valence-electron chi connectivity index (χ0n) is 7.92. The molecule has 3 aliphatic rings. The van der Waals surface area contributed by atoms with E-state index in [1.807, 2.05) is 0 Å². The molecule has 1 saturated heterocycles. The minimum absolute atomic E-state index is 0.272. The molecule has 2 aliphatic carbocycles. The van der Waals surface area contributed by atoms with E-state index >= 15 is 0 Å². The van der Waals surface area contributed by atoms with Crippen molar-refractivity contribution in [3.8, 4) is 0 Å². The smallest absolute Gasteiger partial charge is 0.139 e. The molecule has 0 N–H and O–H groups in total. The van der Waals surface area contributed by atoms with Crippen molar-refractivity contribution in [1.29, 1.82) is 0 Å². The van der Waals surface area contributed by atoms with E-state index in [9.17, 15) is 4.79 Å². The second-order valence-corrected chi connectivity index (χ2v) is 4.98. The van der Waals surface area contributed by atoms with Gasteiger partial charge in [-0.05, 0) is 18.8 Å². The lowest BCUT2D eigenvalue weighted by molar-refractivity contribution is -0.123.